The molecule has 100 valence electrons. The average molecular weight is 340 g/mol. The predicted octanol–water partition coefficient (Wildman–Crippen LogP) is 2.89. The van der Waals surface area contributed by atoms with E-state index in [0.717, 1.165) is 9.37 Å². The number of hydrogen-bond acceptors (Lipinski definition) is 6. The van der Waals surface area contributed by atoms with E-state index in [9.17, 15) is 0 Å². The zero-order chi connectivity index (χ0) is 13.8. The van der Waals surface area contributed by atoms with E-state index in [4.69, 9.17) is 0 Å². The van der Waals surface area contributed by atoms with E-state index in [0.29, 0.717) is 17.1 Å². The minimum Gasteiger partial charge on any atom is -0.357 e. The number of benzene rings is 1. The van der Waals surface area contributed by atoms with E-state index in [1.807, 2.05) is 43.3 Å². The maximum atomic E-state index is 4.42. The molecule has 0 unspecified atom stereocenters. The molecule has 0 aliphatic heterocycles. The van der Waals surface area contributed by atoms with E-state index in [2.05, 4.69) is 36.2 Å². The van der Waals surface area contributed by atoms with Crippen LogP contribution in [0.4, 0.5) is 11.9 Å². The van der Waals surface area contributed by atoms with Crippen molar-refractivity contribution in [1.29, 1.82) is 0 Å². The zero-order valence-corrected chi connectivity index (χ0v) is 13.3. The summed E-state index contributed by atoms with van der Waals surface area (Å²) in [5.74, 6) is 1.20. The Morgan fingerprint density at radius 3 is 2.63 bits per heavy atom. The Kier molecular flexibility index (Phi) is 4.60. The molecule has 0 atom stereocenters. The smallest absolute Gasteiger partial charge is 0.230 e. The Bertz CT molecular complexity index is 576. The van der Waals surface area contributed by atoms with Crippen LogP contribution in [0.5, 0.6) is 0 Å². The fourth-order valence-electron chi connectivity index (χ4n) is 1.34. The van der Waals surface area contributed by atoms with Crippen molar-refractivity contribution in [2.24, 2.45) is 0 Å². The second-order valence-electron chi connectivity index (χ2n) is 3.95. The summed E-state index contributed by atoms with van der Waals surface area (Å²) in [4.78, 5) is 16.0. The molecule has 0 saturated heterocycles. The van der Waals surface area contributed by atoms with Gasteiger partial charge in [0, 0.05) is 30.5 Å². The van der Waals surface area contributed by atoms with Crippen molar-refractivity contribution >= 4 is 39.6 Å². The van der Waals surface area contributed by atoms with E-state index in [1.54, 1.807) is 7.05 Å². The van der Waals surface area contributed by atoms with E-state index in [1.165, 1.54) is 11.8 Å². The van der Waals surface area contributed by atoms with Crippen LogP contribution in [0.3, 0.4) is 0 Å². The highest BCUT2D eigenvalue weighted by atomic mass is 79.9. The van der Waals surface area contributed by atoms with Crippen LogP contribution in [0, 0.1) is 0 Å². The molecule has 0 amide bonds. The van der Waals surface area contributed by atoms with Gasteiger partial charge in [0.25, 0.3) is 0 Å². The molecule has 5 nitrogen and oxygen atoms in total. The number of nitrogens with one attached hydrogen (secondary N) is 1. The maximum Gasteiger partial charge on any atom is 0.230 e. The van der Waals surface area contributed by atoms with Gasteiger partial charge in [0.2, 0.25) is 11.9 Å². The van der Waals surface area contributed by atoms with Crippen molar-refractivity contribution in [3.63, 3.8) is 0 Å². The predicted molar refractivity (Wildman–Crippen MR) is 82.0 cm³/mol. The van der Waals surface area contributed by atoms with Gasteiger partial charge in [0.05, 0.1) is 0 Å². The Balaban J connectivity index is 2.31. The first-order valence-corrected chi connectivity index (χ1v) is 7.24. The van der Waals surface area contributed by atoms with Crippen molar-refractivity contribution in [3.05, 3.63) is 28.7 Å². The zero-order valence-electron chi connectivity index (χ0n) is 10.9. The minimum atomic E-state index is 0.566. The van der Waals surface area contributed by atoms with Gasteiger partial charge in [-0.15, -0.1) is 0 Å². The maximum absolute atomic E-state index is 4.42. The topological polar surface area (TPSA) is 53.9 Å². The van der Waals surface area contributed by atoms with E-state index in [-0.39, 0.29) is 0 Å². The molecule has 1 aromatic carbocycles. The fourth-order valence-corrected chi connectivity index (χ4v) is 2.69. The number of hydrogen-bond donors (Lipinski definition) is 1. The summed E-state index contributed by atoms with van der Waals surface area (Å²) in [6.07, 6.45) is 0. The molecule has 0 spiro atoms. The lowest BCUT2D eigenvalue weighted by atomic mass is 10.4. The molecule has 0 fully saturated rings. The average Bonchev–Trinajstić information content (AvgIpc) is 2.38. The molecule has 0 aliphatic carbocycles. The van der Waals surface area contributed by atoms with Gasteiger partial charge in [-0.25, -0.2) is 0 Å². The summed E-state index contributed by atoms with van der Waals surface area (Å²) in [5, 5.41) is 3.62. The summed E-state index contributed by atoms with van der Waals surface area (Å²) in [7, 11) is 5.60. The second kappa shape index (κ2) is 6.21. The van der Waals surface area contributed by atoms with Gasteiger partial charge in [-0.2, -0.15) is 15.0 Å². The summed E-state index contributed by atoms with van der Waals surface area (Å²) in [6.45, 7) is 0. The molecule has 1 N–H and O–H groups in total. The first-order valence-electron chi connectivity index (χ1n) is 5.63. The fraction of sp³-hybridized carbons (Fsp3) is 0.250. The standard InChI is InChI=1S/C12H14BrN5S/c1-14-10-15-11(18(2)3)17-12(16-10)19-9-6-4-5-8(13)7-9/h4-7H,1-3H3,(H,14,15,16,17). The molecule has 0 radical (unpaired) electrons. The van der Waals surface area contributed by atoms with Gasteiger partial charge in [0.15, 0.2) is 5.16 Å². The van der Waals surface area contributed by atoms with Crippen molar-refractivity contribution < 1.29 is 0 Å². The SMILES string of the molecule is CNc1nc(Sc2cccc(Br)c2)nc(N(C)C)n1. The van der Waals surface area contributed by atoms with Crippen LogP contribution in [0.1, 0.15) is 0 Å². The molecule has 0 saturated carbocycles. The van der Waals surface area contributed by atoms with Crippen LogP contribution in [-0.2, 0) is 0 Å². The molecule has 0 aliphatic rings. The summed E-state index contributed by atoms with van der Waals surface area (Å²) >= 11 is 4.96. The van der Waals surface area contributed by atoms with E-state index < -0.39 is 0 Å². The van der Waals surface area contributed by atoms with Gasteiger partial charge < -0.3 is 10.2 Å². The Morgan fingerprint density at radius 2 is 2.00 bits per heavy atom. The van der Waals surface area contributed by atoms with E-state index >= 15 is 0 Å². The Hall–Kier alpha value is -1.34. The van der Waals surface area contributed by atoms with Crippen LogP contribution in [0.25, 0.3) is 0 Å². The number of nitrogens with zero attached hydrogens (tertiary/aromatic N) is 4. The third-order valence-corrected chi connectivity index (χ3v) is 3.58. The van der Waals surface area contributed by atoms with Crippen LogP contribution < -0.4 is 10.2 Å². The largest absolute Gasteiger partial charge is 0.357 e. The summed E-state index contributed by atoms with van der Waals surface area (Å²) in [5.41, 5.74) is 0. The highest BCUT2D eigenvalue weighted by Crippen LogP contribution is 2.28. The highest BCUT2D eigenvalue weighted by Gasteiger charge is 2.08. The van der Waals surface area contributed by atoms with Gasteiger partial charge >= 0.3 is 0 Å². The summed E-state index contributed by atoms with van der Waals surface area (Å²) < 4.78 is 1.04. The van der Waals surface area contributed by atoms with Gasteiger partial charge in [-0.1, -0.05) is 22.0 Å². The normalized spacial score (nSPS) is 10.3. The van der Waals surface area contributed by atoms with Crippen LogP contribution in [0.2, 0.25) is 0 Å². The first-order chi connectivity index (χ1) is 9.08. The lowest BCUT2D eigenvalue weighted by Gasteiger charge is -2.12. The van der Waals surface area contributed by atoms with Gasteiger partial charge in [-0.05, 0) is 30.0 Å². The molecule has 1 heterocycles. The quantitative estimate of drug-likeness (QED) is 0.924. The molecule has 1 aromatic heterocycles. The molecule has 19 heavy (non-hydrogen) atoms. The Morgan fingerprint density at radius 1 is 1.21 bits per heavy atom. The lowest BCUT2D eigenvalue weighted by Crippen LogP contribution is -2.15. The molecular weight excluding hydrogens is 326 g/mol. The van der Waals surface area contributed by atoms with Crippen molar-refractivity contribution in [3.8, 4) is 0 Å². The van der Waals surface area contributed by atoms with Crippen LogP contribution in [-0.4, -0.2) is 36.1 Å². The minimum absolute atomic E-state index is 0.566. The number of anilines is 2. The number of rotatable bonds is 4. The molecule has 2 aromatic rings. The first kappa shape index (κ1) is 14.1. The van der Waals surface area contributed by atoms with Crippen molar-refractivity contribution in [2.75, 3.05) is 31.4 Å². The number of halogens is 1. The molecule has 0 bridgehead atoms. The van der Waals surface area contributed by atoms with Crippen molar-refractivity contribution in [1.82, 2.24) is 15.0 Å². The van der Waals surface area contributed by atoms with Crippen LogP contribution in [0.15, 0.2) is 38.8 Å². The monoisotopic (exact) mass is 339 g/mol. The van der Waals surface area contributed by atoms with Crippen molar-refractivity contribution in [2.45, 2.75) is 10.1 Å². The third-order valence-electron chi connectivity index (χ3n) is 2.23. The molecular formula is C12H14BrN5S. The summed E-state index contributed by atoms with van der Waals surface area (Å²) in [6, 6.07) is 8.03. The number of aromatic nitrogens is 3. The highest BCUT2D eigenvalue weighted by molar-refractivity contribution is 9.10. The van der Waals surface area contributed by atoms with Gasteiger partial charge in [-0.3, -0.25) is 0 Å². The van der Waals surface area contributed by atoms with Crippen LogP contribution >= 0.6 is 27.7 Å². The third kappa shape index (κ3) is 3.81. The second-order valence-corrected chi connectivity index (χ2v) is 5.90. The molecule has 7 heteroatoms. The lowest BCUT2D eigenvalue weighted by molar-refractivity contribution is 0.870. The van der Waals surface area contributed by atoms with Gasteiger partial charge in [0.1, 0.15) is 0 Å². The Labute approximate surface area is 125 Å². The molecule has 2 rings (SSSR count).